The smallest absolute Gasteiger partial charge is 0.152 e. The second kappa shape index (κ2) is 4.32. The average Bonchev–Trinajstić information content (AvgIpc) is 2.25. The van der Waals surface area contributed by atoms with E-state index in [1.807, 2.05) is 12.1 Å². The van der Waals surface area contributed by atoms with E-state index < -0.39 is 0 Å². The van der Waals surface area contributed by atoms with E-state index in [0.29, 0.717) is 5.56 Å². The third-order valence-electron chi connectivity index (χ3n) is 1.55. The van der Waals surface area contributed by atoms with Crippen LogP contribution in [0.2, 0.25) is 0 Å². The van der Waals surface area contributed by atoms with Crippen molar-refractivity contribution in [1.82, 2.24) is 0 Å². The van der Waals surface area contributed by atoms with Gasteiger partial charge in [-0.05, 0) is 18.1 Å². The first kappa shape index (κ1) is 9.34. The lowest BCUT2D eigenvalue weighted by atomic mass is 10.0. The maximum absolute atomic E-state index is 8.78. The molecule has 0 amide bonds. The summed E-state index contributed by atoms with van der Waals surface area (Å²) in [5.74, 6) is 4.69. The van der Waals surface area contributed by atoms with Crippen LogP contribution in [-0.2, 0) is 0 Å². The molecule has 0 atom stereocenters. The molecule has 1 rings (SSSR count). The van der Waals surface area contributed by atoms with E-state index in [1.165, 1.54) is 6.07 Å². The van der Waals surface area contributed by atoms with Crippen LogP contribution in [0.1, 0.15) is 16.7 Å². The summed E-state index contributed by atoms with van der Waals surface area (Å²) in [6, 6.07) is 10.2. The lowest BCUT2D eigenvalue weighted by molar-refractivity contribution is 1.42. The zero-order valence-corrected chi connectivity index (χ0v) is 7.07. The van der Waals surface area contributed by atoms with Crippen molar-refractivity contribution < 1.29 is 0 Å². The quantitative estimate of drug-likeness (QED) is 0.561. The van der Waals surface area contributed by atoms with Gasteiger partial charge >= 0.3 is 0 Å². The summed E-state index contributed by atoms with van der Waals surface area (Å²) in [6.45, 7) is 0. The minimum atomic E-state index is 0.220. The monoisotopic (exact) mass is 177 g/mol. The van der Waals surface area contributed by atoms with E-state index in [9.17, 15) is 0 Å². The van der Waals surface area contributed by atoms with Gasteiger partial charge in [0.1, 0.15) is 12.1 Å². The Morgan fingerprint density at radius 2 is 1.64 bits per heavy atom. The Hall–Kier alpha value is -2.75. The fourth-order valence-electron chi connectivity index (χ4n) is 0.965. The van der Waals surface area contributed by atoms with Gasteiger partial charge in [-0.25, -0.2) is 0 Å². The fraction of sp³-hybridized carbons (Fsp3) is 0. The largest absolute Gasteiger partial charge is 0.192 e. The van der Waals surface area contributed by atoms with Crippen LogP contribution >= 0.6 is 0 Å². The number of nitriles is 3. The molecular formula is C11H3N3. The van der Waals surface area contributed by atoms with Gasteiger partial charge in [0, 0.05) is 11.5 Å². The summed E-state index contributed by atoms with van der Waals surface area (Å²) in [4.78, 5) is 0. The van der Waals surface area contributed by atoms with Gasteiger partial charge in [0.25, 0.3) is 0 Å². The van der Waals surface area contributed by atoms with Crippen LogP contribution in [0.3, 0.4) is 0 Å². The molecule has 0 saturated heterocycles. The summed E-state index contributed by atoms with van der Waals surface area (Å²) >= 11 is 0. The molecule has 0 radical (unpaired) electrons. The Labute approximate surface area is 81.4 Å². The molecule has 0 bridgehead atoms. The van der Waals surface area contributed by atoms with Gasteiger partial charge in [-0.15, -0.1) is 0 Å². The fourth-order valence-corrected chi connectivity index (χ4v) is 0.965. The minimum Gasteiger partial charge on any atom is -0.192 e. The molecule has 1 aromatic carbocycles. The molecule has 1 aromatic rings. The molecule has 0 N–H and O–H groups in total. The zero-order valence-electron chi connectivity index (χ0n) is 7.07. The SMILES string of the molecule is N#CC#Cc1cccc(C#N)c1C#N. The van der Waals surface area contributed by atoms with Crippen molar-refractivity contribution >= 4 is 0 Å². The van der Waals surface area contributed by atoms with Crippen LogP contribution in [0.25, 0.3) is 0 Å². The highest BCUT2D eigenvalue weighted by Gasteiger charge is 2.04. The second-order valence-electron chi connectivity index (χ2n) is 2.31. The van der Waals surface area contributed by atoms with Crippen LogP contribution in [-0.4, -0.2) is 0 Å². The molecule has 3 nitrogen and oxygen atoms in total. The van der Waals surface area contributed by atoms with Gasteiger partial charge in [-0.2, -0.15) is 15.8 Å². The van der Waals surface area contributed by atoms with Crippen molar-refractivity contribution in [3.05, 3.63) is 34.9 Å². The molecule has 62 valence electrons. The summed E-state index contributed by atoms with van der Waals surface area (Å²) in [5, 5.41) is 25.7. The normalized spacial score (nSPS) is 7.21. The molecule has 3 heteroatoms. The number of benzene rings is 1. The van der Waals surface area contributed by atoms with Crippen molar-refractivity contribution in [2.45, 2.75) is 0 Å². The Kier molecular flexibility index (Phi) is 2.88. The van der Waals surface area contributed by atoms with Crippen molar-refractivity contribution in [3.63, 3.8) is 0 Å². The molecule has 0 aliphatic rings. The maximum atomic E-state index is 8.78. The summed E-state index contributed by atoms with van der Waals surface area (Å²) < 4.78 is 0. The first-order chi connectivity index (χ1) is 6.83. The van der Waals surface area contributed by atoms with Gasteiger partial charge in [-0.3, -0.25) is 0 Å². The summed E-state index contributed by atoms with van der Waals surface area (Å²) in [6.07, 6.45) is 0. The predicted molar refractivity (Wildman–Crippen MR) is 48.4 cm³/mol. The second-order valence-corrected chi connectivity index (χ2v) is 2.31. The average molecular weight is 177 g/mol. The summed E-state index contributed by atoms with van der Waals surface area (Å²) in [7, 11) is 0. The third kappa shape index (κ3) is 1.70. The van der Waals surface area contributed by atoms with Gasteiger partial charge in [-0.1, -0.05) is 6.07 Å². The van der Waals surface area contributed by atoms with Crippen molar-refractivity contribution in [3.8, 4) is 30.0 Å². The van der Waals surface area contributed by atoms with E-state index in [0.717, 1.165) is 0 Å². The van der Waals surface area contributed by atoms with E-state index >= 15 is 0 Å². The van der Waals surface area contributed by atoms with Crippen molar-refractivity contribution in [2.75, 3.05) is 0 Å². The minimum absolute atomic E-state index is 0.220. The predicted octanol–water partition coefficient (Wildman–Crippen LogP) is 1.31. The Balaban J connectivity index is 3.42. The van der Waals surface area contributed by atoms with Crippen LogP contribution < -0.4 is 0 Å². The maximum Gasteiger partial charge on any atom is 0.152 e. The van der Waals surface area contributed by atoms with E-state index in [-0.39, 0.29) is 11.1 Å². The third-order valence-corrected chi connectivity index (χ3v) is 1.55. The highest BCUT2D eigenvalue weighted by molar-refractivity contribution is 5.56. The van der Waals surface area contributed by atoms with E-state index in [2.05, 4.69) is 11.8 Å². The van der Waals surface area contributed by atoms with Crippen LogP contribution in [0.5, 0.6) is 0 Å². The standard InChI is InChI=1S/C11H3N3/c12-6-2-5-9-3-1-4-10(7-13)11(9)8-14/h1,3-4H. The molecule has 14 heavy (non-hydrogen) atoms. The molecule has 0 saturated carbocycles. The van der Waals surface area contributed by atoms with Crippen LogP contribution in [0.15, 0.2) is 18.2 Å². The zero-order chi connectivity index (χ0) is 10.4. The van der Waals surface area contributed by atoms with Crippen LogP contribution in [0, 0.1) is 45.8 Å². The molecule has 0 unspecified atom stereocenters. The van der Waals surface area contributed by atoms with Crippen LogP contribution in [0.4, 0.5) is 0 Å². The first-order valence-corrected chi connectivity index (χ1v) is 3.66. The molecule has 0 aliphatic carbocycles. The number of rotatable bonds is 0. The Morgan fingerprint density at radius 3 is 2.21 bits per heavy atom. The molecule has 0 aliphatic heterocycles. The lowest BCUT2D eigenvalue weighted by Crippen LogP contribution is -1.88. The Bertz CT molecular complexity index is 539. The Morgan fingerprint density at radius 1 is 0.929 bits per heavy atom. The molecule has 0 heterocycles. The molecular weight excluding hydrogens is 174 g/mol. The van der Waals surface area contributed by atoms with Gasteiger partial charge in [0.2, 0.25) is 0 Å². The topological polar surface area (TPSA) is 71.4 Å². The van der Waals surface area contributed by atoms with Gasteiger partial charge in [0.15, 0.2) is 6.07 Å². The highest BCUT2D eigenvalue weighted by Crippen LogP contribution is 2.11. The number of hydrogen-bond acceptors (Lipinski definition) is 3. The molecule has 0 fully saturated rings. The number of hydrogen-bond donors (Lipinski definition) is 0. The van der Waals surface area contributed by atoms with E-state index in [1.54, 1.807) is 18.2 Å². The van der Waals surface area contributed by atoms with Gasteiger partial charge < -0.3 is 0 Å². The van der Waals surface area contributed by atoms with Crippen molar-refractivity contribution in [2.24, 2.45) is 0 Å². The molecule has 0 aromatic heterocycles. The lowest BCUT2D eigenvalue weighted by Gasteiger charge is -1.95. The van der Waals surface area contributed by atoms with Crippen molar-refractivity contribution in [1.29, 1.82) is 15.8 Å². The molecule has 0 spiro atoms. The van der Waals surface area contributed by atoms with Gasteiger partial charge in [0.05, 0.1) is 11.1 Å². The number of nitrogens with zero attached hydrogens (tertiary/aromatic N) is 3. The summed E-state index contributed by atoms with van der Waals surface area (Å²) in [5.41, 5.74) is 0.906. The highest BCUT2D eigenvalue weighted by atomic mass is 14.3. The van der Waals surface area contributed by atoms with E-state index in [4.69, 9.17) is 15.8 Å². The first-order valence-electron chi connectivity index (χ1n) is 3.66.